The van der Waals surface area contributed by atoms with Gasteiger partial charge in [-0.05, 0) is 66.2 Å². The lowest BCUT2D eigenvalue weighted by atomic mass is 10.0. The first-order valence-electron chi connectivity index (χ1n) is 12.0. The SMILES string of the molecule is CCCCOc1ccc(/C=C2/SC(=Nc3ccc(C)cc3)N(CC(C)C)C2=O)c2ccccc12. The van der Waals surface area contributed by atoms with Crippen molar-refractivity contribution in [1.29, 1.82) is 0 Å². The molecule has 1 fully saturated rings. The van der Waals surface area contributed by atoms with E-state index in [-0.39, 0.29) is 5.91 Å². The monoisotopic (exact) mass is 472 g/mol. The number of rotatable bonds is 8. The number of carbonyl (C=O) groups is 1. The largest absolute Gasteiger partial charge is 0.493 e. The Bertz CT molecular complexity index is 1230. The van der Waals surface area contributed by atoms with Crippen LogP contribution >= 0.6 is 11.8 Å². The number of amidine groups is 1. The Hall–Kier alpha value is -3.05. The summed E-state index contributed by atoms with van der Waals surface area (Å²) in [6.45, 7) is 9.80. The van der Waals surface area contributed by atoms with Crippen molar-refractivity contribution in [2.45, 2.75) is 40.5 Å². The van der Waals surface area contributed by atoms with E-state index in [0.29, 0.717) is 24.0 Å². The van der Waals surface area contributed by atoms with Crippen LogP contribution in [0.3, 0.4) is 0 Å². The highest BCUT2D eigenvalue weighted by Gasteiger charge is 2.33. The Morgan fingerprint density at radius 3 is 2.47 bits per heavy atom. The molecule has 0 saturated carbocycles. The van der Waals surface area contributed by atoms with Crippen LogP contribution in [0.2, 0.25) is 0 Å². The normalized spacial score (nSPS) is 16.4. The maximum atomic E-state index is 13.4. The quantitative estimate of drug-likeness (QED) is 0.250. The number of nitrogens with zero attached hydrogens (tertiary/aromatic N) is 2. The van der Waals surface area contributed by atoms with Crippen LogP contribution in [-0.2, 0) is 4.79 Å². The molecule has 34 heavy (non-hydrogen) atoms. The lowest BCUT2D eigenvalue weighted by Crippen LogP contribution is -2.32. The van der Waals surface area contributed by atoms with Gasteiger partial charge in [-0.15, -0.1) is 0 Å². The van der Waals surface area contributed by atoms with E-state index in [1.54, 1.807) is 0 Å². The highest BCUT2D eigenvalue weighted by molar-refractivity contribution is 8.18. The third kappa shape index (κ3) is 5.53. The molecule has 1 amide bonds. The maximum absolute atomic E-state index is 13.4. The zero-order valence-electron chi connectivity index (χ0n) is 20.4. The molecule has 0 aliphatic carbocycles. The van der Waals surface area contributed by atoms with E-state index in [1.807, 2.05) is 59.5 Å². The second-order valence-electron chi connectivity index (χ2n) is 9.05. The smallest absolute Gasteiger partial charge is 0.266 e. The number of amides is 1. The maximum Gasteiger partial charge on any atom is 0.266 e. The fourth-order valence-electron chi connectivity index (χ4n) is 3.86. The molecule has 1 saturated heterocycles. The molecule has 0 N–H and O–H groups in total. The highest BCUT2D eigenvalue weighted by atomic mass is 32.2. The number of hydrogen-bond donors (Lipinski definition) is 0. The Kier molecular flexibility index (Phi) is 7.73. The average Bonchev–Trinajstić information content (AvgIpc) is 3.10. The molecule has 3 aromatic carbocycles. The van der Waals surface area contributed by atoms with Gasteiger partial charge in [-0.25, -0.2) is 4.99 Å². The Morgan fingerprint density at radius 2 is 1.76 bits per heavy atom. The third-order valence-corrected chi connectivity index (χ3v) is 6.66. The number of ether oxygens (including phenoxy) is 1. The van der Waals surface area contributed by atoms with Crippen LogP contribution in [0.1, 0.15) is 44.7 Å². The van der Waals surface area contributed by atoms with Crippen molar-refractivity contribution in [3.63, 3.8) is 0 Å². The minimum atomic E-state index is 0.0110. The van der Waals surface area contributed by atoms with Crippen molar-refractivity contribution < 1.29 is 9.53 Å². The molecule has 0 bridgehead atoms. The molecule has 3 aromatic rings. The molecule has 0 radical (unpaired) electrons. The molecule has 4 rings (SSSR count). The van der Waals surface area contributed by atoms with E-state index in [9.17, 15) is 4.79 Å². The molecule has 1 heterocycles. The molecule has 0 unspecified atom stereocenters. The van der Waals surface area contributed by atoms with Crippen molar-refractivity contribution in [1.82, 2.24) is 4.90 Å². The van der Waals surface area contributed by atoms with Gasteiger partial charge in [0.25, 0.3) is 5.91 Å². The van der Waals surface area contributed by atoms with Crippen LogP contribution in [0.5, 0.6) is 5.75 Å². The number of carbonyl (C=O) groups excluding carboxylic acids is 1. The van der Waals surface area contributed by atoms with Crippen LogP contribution in [-0.4, -0.2) is 29.1 Å². The number of aliphatic imine (C=N–C) groups is 1. The van der Waals surface area contributed by atoms with E-state index in [0.717, 1.165) is 45.8 Å². The first-order valence-corrected chi connectivity index (χ1v) is 12.8. The minimum absolute atomic E-state index is 0.0110. The van der Waals surface area contributed by atoms with Crippen molar-refractivity contribution in [2.24, 2.45) is 10.9 Å². The van der Waals surface area contributed by atoms with Gasteiger partial charge < -0.3 is 4.74 Å². The molecular weight excluding hydrogens is 440 g/mol. The molecule has 1 aliphatic heterocycles. The van der Waals surface area contributed by atoms with Gasteiger partial charge in [0.2, 0.25) is 0 Å². The topological polar surface area (TPSA) is 41.9 Å². The van der Waals surface area contributed by atoms with Gasteiger partial charge in [0.05, 0.1) is 17.2 Å². The van der Waals surface area contributed by atoms with Gasteiger partial charge in [-0.2, -0.15) is 0 Å². The summed E-state index contributed by atoms with van der Waals surface area (Å²) in [6, 6.07) is 20.4. The van der Waals surface area contributed by atoms with Gasteiger partial charge >= 0.3 is 0 Å². The standard InChI is InChI=1S/C29H32N2O2S/c1-5-6-17-33-26-16-13-22(24-9-7-8-10-25(24)26)18-27-28(32)31(19-20(2)3)29(34-27)30-23-14-11-21(4)12-15-23/h7-16,18,20H,5-6,17,19H2,1-4H3/b27-18+,30-29?. The van der Waals surface area contributed by atoms with Gasteiger partial charge in [-0.3, -0.25) is 9.69 Å². The number of aryl methyl sites for hydroxylation is 1. The molecular formula is C29H32N2O2S. The fraction of sp³-hybridized carbons (Fsp3) is 0.310. The van der Waals surface area contributed by atoms with Crippen molar-refractivity contribution >= 4 is 45.4 Å². The second-order valence-corrected chi connectivity index (χ2v) is 10.1. The lowest BCUT2D eigenvalue weighted by Gasteiger charge is -2.17. The van der Waals surface area contributed by atoms with Gasteiger partial charge in [-0.1, -0.05) is 75.2 Å². The molecule has 4 nitrogen and oxygen atoms in total. The number of benzene rings is 3. The van der Waals surface area contributed by atoms with Crippen molar-refractivity contribution in [3.05, 3.63) is 76.7 Å². The van der Waals surface area contributed by atoms with E-state index < -0.39 is 0 Å². The molecule has 5 heteroatoms. The predicted octanol–water partition coefficient (Wildman–Crippen LogP) is 7.59. The van der Waals surface area contributed by atoms with Gasteiger partial charge in [0.15, 0.2) is 5.17 Å². The van der Waals surface area contributed by atoms with Crippen molar-refractivity contribution in [2.75, 3.05) is 13.2 Å². The summed E-state index contributed by atoms with van der Waals surface area (Å²) in [7, 11) is 0. The van der Waals surface area contributed by atoms with Crippen LogP contribution in [0.25, 0.3) is 16.8 Å². The zero-order valence-corrected chi connectivity index (χ0v) is 21.2. The first-order chi connectivity index (χ1) is 16.5. The Balaban J connectivity index is 1.70. The van der Waals surface area contributed by atoms with Crippen LogP contribution < -0.4 is 4.74 Å². The van der Waals surface area contributed by atoms with Crippen molar-refractivity contribution in [3.8, 4) is 5.75 Å². The molecule has 1 aliphatic rings. The van der Waals surface area contributed by atoms with E-state index in [4.69, 9.17) is 9.73 Å². The predicted molar refractivity (Wildman–Crippen MR) is 145 cm³/mol. The lowest BCUT2D eigenvalue weighted by molar-refractivity contribution is -0.122. The number of thioether (sulfide) groups is 1. The molecule has 0 aromatic heterocycles. The summed E-state index contributed by atoms with van der Waals surface area (Å²) >= 11 is 1.45. The van der Waals surface area contributed by atoms with Crippen LogP contribution in [0, 0.1) is 12.8 Å². The number of hydrogen-bond acceptors (Lipinski definition) is 4. The zero-order chi connectivity index (χ0) is 24.1. The summed E-state index contributed by atoms with van der Waals surface area (Å²) in [5.74, 6) is 1.24. The summed E-state index contributed by atoms with van der Waals surface area (Å²) in [4.78, 5) is 20.7. The third-order valence-electron chi connectivity index (χ3n) is 5.65. The summed E-state index contributed by atoms with van der Waals surface area (Å²) in [5, 5.41) is 2.88. The fourth-order valence-corrected chi connectivity index (χ4v) is 4.86. The van der Waals surface area contributed by atoms with E-state index >= 15 is 0 Å². The number of fused-ring (bicyclic) bond motifs is 1. The van der Waals surface area contributed by atoms with Gasteiger partial charge in [0, 0.05) is 11.9 Å². The Morgan fingerprint density at radius 1 is 1.03 bits per heavy atom. The van der Waals surface area contributed by atoms with E-state index in [2.05, 4.69) is 39.8 Å². The molecule has 176 valence electrons. The Labute approximate surface area is 206 Å². The minimum Gasteiger partial charge on any atom is -0.493 e. The summed E-state index contributed by atoms with van der Waals surface area (Å²) < 4.78 is 6.04. The van der Waals surface area contributed by atoms with Crippen LogP contribution in [0.15, 0.2) is 70.6 Å². The highest BCUT2D eigenvalue weighted by Crippen LogP contribution is 2.37. The summed E-state index contributed by atoms with van der Waals surface area (Å²) in [6.07, 6.45) is 4.12. The van der Waals surface area contributed by atoms with Gasteiger partial charge in [0.1, 0.15) is 5.75 Å². The summed E-state index contributed by atoms with van der Waals surface area (Å²) in [5.41, 5.74) is 3.05. The van der Waals surface area contributed by atoms with E-state index in [1.165, 1.54) is 17.3 Å². The molecule has 0 atom stereocenters. The molecule has 0 spiro atoms. The van der Waals surface area contributed by atoms with Crippen LogP contribution in [0.4, 0.5) is 5.69 Å². The average molecular weight is 473 g/mol. The number of unbranched alkanes of at least 4 members (excludes halogenated alkanes) is 1. The second kappa shape index (κ2) is 10.9. The first kappa shape index (κ1) is 24.1.